The van der Waals surface area contributed by atoms with Crippen LogP contribution in [0.15, 0.2) is 66.7 Å². The molecule has 0 aliphatic rings. The highest BCUT2D eigenvalue weighted by atomic mass is 16.5. The van der Waals surface area contributed by atoms with Gasteiger partial charge in [0.05, 0.1) is 24.2 Å². The summed E-state index contributed by atoms with van der Waals surface area (Å²) in [6.45, 7) is 8.23. The van der Waals surface area contributed by atoms with Crippen molar-refractivity contribution in [1.29, 1.82) is 0 Å². The van der Waals surface area contributed by atoms with Gasteiger partial charge in [0, 0.05) is 13.0 Å². The van der Waals surface area contributed by atoms with Crippen LogP contribution in [0.3, 0.4) is 0 Å². The molecule has 0 saturated heterocycles. The SMILES string of the molecule is CCOc1ccccc1OCCn1c(CCCNC(=O)COc2cc(C)ccc2C)nc2ccccc21. The number of benzene rings is 3. The van der Waals surface area contributed by atoms with Crippen LogP contribution in [0, 0.1) is 13.8 Å². The van der Waals surface area contributed by atoms with Crippen LogP contribution in [0.2, 0.25) is 0 Å². The summed E-state index contributed by atoms with van der Waals surface area (Å²) >= 11 is 0. The zero-order valence-corrected chi connectivity index (χ0v) is 21.8. The first-order valence-corrected chi connectivity index (χ1v) is 12.8. The van der Waals surface area contributed by atoms with Gasteiger partial charge in [-0.2, -0.15) is 0 Å². The maximum absolute atomic E-state index is 12.3. The van der Waals surface area contributed by atoms with Crippen LogP contribution in [0.1, 0.15) is 30.3 Å². The summed E-state index contributed by atoms with van der Waals surface area (Å²) in [7, 11) is 0. The number of carbonyl (C=O) groups is 1. The van der Waals surface area contributed by atoms with E-state index in [4.69, 9.17) is 19.2 Å². The van der Waals surface area contributed by atoms with E-state index >= 15 is 0 Å². The number of aromatic nitrogens is 2. The number of hydrogen-bond acceptors (Lipinski definition) is 5. The Balaban J connectivity index is 1.30. The quantitative estimate of drug-likeness (QED) is 0.253. The van der Waals surface area contributed by atoms with Crippen LogP contribution >= 0.6 is 0 Å². The van der Waals surface area contributed by atoms with E-state index < -0.39 is 0 Å². The highest BCUT2D eigenvalue weighted by molar-refractivity contribution is 5.77. The second-order valence-corrected chi connectivity index (χ2v) is 8.91. The van der Waals surface area contributed by atoms with Gasteiger partial charge in [-0.1, -0.05) is 36.4 Å². The van der Waals surface area contributed by atoms with E-state index in [1.807, 2.05) is 81.4 Å². The Labute approximate surface area is 218 Å². The van der Waals surface area contributed by atoms with Crippen molar-refractivity contribution in [3.8, 4) is 17.2 Å². The van der Waals surface area contributed by atoms with Gasteiger partial charge in [-0.15, -0.1) is 0 Å². The van der Waals surface area contributed by atoms with Crippen molar-refractivity contribution in [3.05, 3.63) is 83.7 Å². The summed E-state index contributed by atoms with van der Waals surface area (Å²) in [6, 6.07) is 21.8. The molecule has 7 nitrogen and oxygen atoms in total. The fraction of sp³-hybridized carbons (Fsp3) is 0.333. The molecular weight excluding hydrogens is 466 g/mol. The van der Waals surface area contributed by atoms with Crippen molar-refractivity contribution >= 4 is 16.9 Å². The third kappa shape index (κ3) is 7.03. The summed E-state index contributed by atoms with van der Waals surface area (Å²) in [5.41, 5.74) is 4.15. The number of ether oxygens (including phenoxy) is 3. The number of fused-ring (bicyclic) bond motifs is 1. The second kappa shape index (κ2) is 12.8. The number of hydrogen-bond donors (Lipinski definition) is 1. The zero-order chi connectivity index (χ0) is 26.0. The van der Waals surface area contributed by atoms with Crippen molar-refractivity contribution in [2.75, 3.05) is 26.4 Å². The smallest absolute Gasteiger partial charge is 0.257 e. The number of carbonyl (C=O) groups excluding carboxylic acids is 1. The minimum absolute atomic E-state index is 0.00334. The number of para-hydroxylation sites is 4. The Bertz CT molecular complexity index is 1330. The van der Waals surface area contributed by atoms with Crippen molar-refractivity contribution in [1.82, 2.24) is 14.9 Å². The number of imidazole rings is 1. The van der Waals surface area contributed by atoms with Gasteiger partial charge in [-0.05, 0) is 68.7 Å². The second-order valence-electron chi connectivity index (χ2n) is 8.91. The molecule has 1 amide bonds. The number of rotatable bonds is 13. The molecule has 1 aromatic heterocycles. The molecule has 4 aromatic rings. The van der Waals surface area contributed by atoms with Gasteiger partial charge < -0.3 is 24.1 Å². The summed E-state index contributed by atoms with van der Waals surface area (Å²) in [5.74, 6) is 3.08. The van der Waals surface area contributed by atoms with Gasteiger partial charge in [0.15, 0.2) is 18.1 Å². The Morgan fingerprint density at radius 2 is 1.68 bits per heavy atom. The molecule has 4 rings (SSSR count). The lowest BCUT2D eigenvalue weighted by atomic mass is 10.1. The average Bonchev–Trinajstić information content (AvgIpc) is 3.25. The van der Waals surface area contributed by atoms with Crippen LogP contribution in [-0.4, -0.2) is 41.8 Å². The zero-order valence-electron chi connectivity index (χ0n) is 21.8. The van der Waals surface area contributed by atoms with Gasteiger partial charge in [0.25, 0.3) is 5.91 Å². The number of nitrogens with zero attached hydrogens (tertiary/aromatic N) is 2. The van der Waals surface area contributed by atoms with Crippen LogP contribution in [0.5, 0.6) is 17.2 Å². The molecule has 3 aromatic carbocycles. The predicted molar refractivity (Wildman–Crippen MR) is 146 cm³/mol. The first kappa shape index (κ1) is 26.1. The molecule has 0 unspecified atom stereocenters. The van der Waals surface area contributed by atoms with E-state index in [-0.39, 0.29) is 12.5 Å². The maximum Gasteiger partial charge on any atom is 0.257 e. The molecule has 0 aliphatic heterocycles. The van der Waals surface area contributed by atoms with E-state index in [0.29, 0.717) is 26.3 Å². The Morgan fingerprint density at radius 3 is 2.49 bits per heavy atom. The molecule has 0 bridgehead atoms. The standard InChI is InChI=1S/C30H35N3O4/c1-4-35-26-12-7-8-13-27(26)36-19-18-33-25-11-6-5-10-24(25)32-29(33)14-9-17-31-30(34)21-37-28-20-22(2)15-16-23(28)3/h5-8,10-13,15-16,20H,4,9,14,17-19,21H2,1-3H3,(H,31,34). The summed E-state index contributed by atoms with van der Waals surface area (Å²) in [5, 5.41) is 2.95. The Kier molecular flexibility index (Phi) is 9.03. The molecule has 1 N–H and O–H groups in total. The molecule has 194 valence electrons. The lowest BCUT2D eigenvalue weighted by molar-refractivity contribution is -0.123. The highest BCUT2D eigenvalue weighted by Gasteiger charge is 2.12. The van der Waals surface area contributed by atoms with E-state index in [9.17, 15) is 4.79 Å². The molecule has 0 radical (unpaired) electrons. The largest absolute Gasteiger partial charge is 0.490 e. The van der Waals surface area contributed by atoms with Crippen molar-refractivity contribution < 1.29 is 19.0 Å². The maximum atomic E-state index is 12.3. The molecular formula is C30H35N3O4. The number of aryl methyl sites for hydroxylation is 3. The van der Waals surface area contributed by atoms with Crippen molar-refractivity contribution in [3.63, 3.8) is 0 Å². The van der Waals surface area contributed by atoms with Crippen LogP contribution in [-0.2, 0) is 17.8 Å². The van der Waals surface area contributed by atoms with Crippen LogP contribution in [0.4, 0.5) is 0 Å². The summed E-state index contributed by atoms with van der Waals surface area (Å²) in [4.78, 5) is 17.1. The van der Waals surface area contributed by atoms with Crippen molar-refractivity contribution in [2.45, 2.75) is 40.2 Å². The van der Waals surface area contributed by atoms with Crippen LogP contribution < -0.4 is 19.5 Å². The van der Waals surface area contributed by atoms with E-state index in [0.717, 1.165) is 58.1 Å². The van der Waals surface area contributed by atoms with Gasteiger partial charge in [-0.3, -0.25) is 4.79 Å². The minimum atomic E-state index is -0.129. The Hall–Kier alpha value is -4.00. The summed E-state index contributed by atoms with van der Waals surface area (Å²) in [6.07, 6.45) is 1.51. The molecule has 0 aliphatic carbocycles. The topological polar surface area (TPSA) is 74.6 Å². The first-order chi connectivity index (χ1) is 18.0. The van der Waals surface area contributed by atoms with E-state index in [2.05, 4.69) is 16.0 Å². The van der Waals surface area contributed by atoms with Gasteiger partial charge in [-0.25, -0.2) is 4.98 Å². The molecule has 37 heavy (non-hydrogen) atoms. The predicted octanol–water partition coefficient (Wildman–Crippen LogP) is 5.26. The number of nitrogens with one attached hydrogen (secondary N) is 1. The number of amides is 1. The average molecular weight is 502 g/mol. The van der Waals surface area contributed by atoms with Gasteiger partial charge >= 0.3 is 0 Å². The molecule has 0 fully saturated rings. The lowest BCUT2D eigenvalue weighted by Gasteiger charge is -2.14. The molecule has 0 atom stereocenters. The Morgan fingerprint density at radius 1 is 0.919 bits per heavy atom. The van der Waals surface area contributed by atoms with Crippen LogP contribution in [0.25, 0.3) is 11.0 Å². The fourth-order valence-corrected chi connectivity index (χ4v) is 4.19. The lowest BCUT2D eigenvalue weighted by Crippen LogP contribution is -2.30. The minimum Gasteiger partial charge on any atom is -0.490 e. The van der Waals surface area contributed by atoms with Gasteiger partial charge in [0.1, 0.15) is 18.2 Å². The highest BCUT2D eigenvalue weighted by Crippen LogP contribution is 2.26. The molecule has 1 heterocycles. The molecule has 7 heteroatoms. The van der Waals surface area contributed by atoms with E-state index in [1.165, 1.54) is 0 Å². The fourth-order valence-electron chi connectivity index (χ4n) is 4.19. The third-order valence-electron chi connectivity index (χ3n) is 6.06. The first-order valence-electron chi connectivity index (χ1n) is 12.8. The third-order valence-corrected chi connectivity index (χ3v) is 6.06. The normalized spacial score (nSPS) is 10.9. The summed E-state index contributed by atoms with van der Waals surface area (Å²) < 4.78 is 19.6. The molecule has 0 saturated carbocycles. The molecule has 0 spiro atoms. The van der Waals surface area contributed by atoms with Crippen molar-refractivity contribution in [2.24, 2.45) is 0 Å². The van der Waals surface area contributed by atoms with Gasteiger partial charge in [0.2, 0.25) is 0 Å². The monoisotopic (exact) mass is 501 g/mol. The van der Waals surface area contributed by atoms with E-state index in [1.54, 1.807) is 0 Å².